The number of hydrogen-bond donors (Lipinski definition) is 0. The van der Waals surface area contributed by atoms with E-state index in [9.17, 15) is 0 Å². The molecule has 0 saturated carbocycles. The lowest BCUT2D eigenvalue weighted by atomic mass is 9.98. The molecule has 120 valence electrons. The molecule has 2 heterocycles. The van der Waals surface area contributed by atoms with Crippen LogP contribution in [0.25, 0.3) is 0 Å². The Morgan fingerprint density at radius 3 is 1.52 bits per heavy atom. The molecule has 3 nitrogen and oxygen atoms in total. The summed E-state index contributed by atoms with van der Waals surface area (Å²) in [7, 11) is 0. The predicted octanol–water partition coefficient (Wildman–Crippen LogP) is 3.90. The minimum atomic E-state index is -0.0370. The van der Waals surface area contributed by atoms with E-state index in [0.29, 0.717) is 0 Å². The molecule has 2 aliphatic heterocycles. The Morgan fingerprint density at radius 2 is 1.17 bits per heavy atom. The Morgan fingerprint density at radius 1 is 0.783 bits per heavy atom. The topological polar surface area (TPSA) is 34.3 Å². The fourth-order valence-electron chi connectivity index (χ4n) is 3.15. The first-order chi connectivity index (χ1) is 11.2. The van der Waals surface area contributed by atoms with Crippen LogP contribution in [0.5, 0.6) is 0 Å². The van der Waals surface area contributed by atoms with Gasteiger partial charge in [-0.05, 0) is 36.1 Å². The first kappa shape index (κ1) is 14.9. The Balaban J connectivity index is 1.65. The molecule has 2 aliphatic rings. The Labute approximate surface area is 137 Å². The van der Waals surface area contributed by atoms with E-state index in [1.54, 1.807) is 0 Å². The van der Waals surface area contributed by atoms with E-state index in [0.717, 1.165) is 13.2 Å². The van der Waals surface area contributed by atoms with Crippen LogP contribution < -0.4 is 0 Å². The number of hydrogen-bond acceptors (Lipinski definition) is 3. The highest BCUT2D eigenvalue weighted by atomic mass is 16.6. The zero-order valence-corrected chi connectivity index (χ0v) is 13.6. The van der Waals surface area contributed by atoms with Gasteiger partial charge in [0.2, 0.25) is 0 Å². The number of epoxide rings is 2. The number of aryl methyl sites for hydroxylation is 2. The molecular formula is C20H22O3. The maximum atomic E-state index is 6.58. The van der Waals surface area contributed by atoms with Crippen molar-refractivity contribution in [2.24, 2.45) is 0 Å². The van der Waals surface area contributed by atoms with E-state index in [2.05, 4.69) is 62.4 Å². The van der Waals surface area contributed by atoms with E-state index >= 15 is 0 Å². The molecule has 2 fully saturated rings. The normalized spacial score (nSPS) is 25.0. The maximum absolute atomic E-state index is 6.58. The van der Waals surface area contributed by atoms with Crippen LogP contribution in [0.1, 0.15) is 34.5 Å². The summed E-state index contributed by atoms with van der Waals surface area (Å²) in [5.41, 5.74) is 4.92. The Bertz CT molecular complexity index is 629. The summed E-state index contributed by atoms with van der Waals surface area (Å²) in [6, 6.07) is 16.8. The third-order valence-electron chi connectivity index (χ3n) is 4.68. The summed E-state index contributed by atoms with van der Waals surface area (Å²) in [4.78, 5) is 0. The minimum absolute atomic E-state index is 0.0370. The lowest BCUT2D eigenvalue weighted by molar-refractivity contribution is -0.0424. The summed E-state index contributed by atoms with van der Waals surface area (Å²) < 4.78 is 17.7. The van der Waals surface area contributed by atoms with E-state index in [-0.39, 0.29) is 24.4 Å². The predicted molar refractivity (Wildman–Crippen MR) is 88.4 cm³/mol. The summed E-state index contributed by atoms with van der Waals surface area (Å²) in [6.45, 7) is 5.80. The molecule has 4 rings (SSSR count). The standard InChI is InChI=1S/C20H22O3/c1-13-7-3-5-9-15(13)19(17-11-21-17)23-20(18-12-22-18)16-10-6-4-8-14(16)2/h3-10,17-20H,11-12H2,1-2H3. The molecule has 2 aromatic carbocycles. The van der Waals surface area contributed by atoms with E-state index < -0.39 is 0 Å². The van der Waals surface area contributed by atoms with Crippen LogP contribution in [0.4, 0.5) is 0 Å². The highest BCUT2D eigenvalue weighted by Crippen LogP contribution is 2.41. The lowest BCUT2D eigenvalue weighted by Crippen LogP contribution is -2.20. The quantitative estimate of drug-likeness (QED) is 0.759. The largest absolute Gasteiger partial charge is 0.370 e. The van der Waals surface area contributed by atoms with Gasteiger partial charge in [0.25, 0.3) is 0 Å². The zero-order valence-electron chi connectivity index (χ0n) is 13.6. The minimum Gasteiger partial charge on any atom is -0.370 e. The molecule has 0 radical (unpaired) electrons. The average Bonchev–Trinajstić information content (AvgIpc) is 3.44. The molecule has 0 aliphatic carbocycles. The van der Waals surface area contributed by atoms with Crippen LogP contribution in [0.2, 0.25) is 0 Å². The first-order valence-electron chi connectivity index (χ1n) is 8.24. The van der Waals surface area contributed by atoms with Crippen LogP contribution in [-0.2, 0) is 14.2 Å². The number of ether oxygens (including phenoxy) is 3. The molecule has 0 aromatic heterocycles. The second kappa shape index (κ2) is 6.08. The van der Waals surface area contributed by atoms with E-state index in [4.69, 9.17) is 14.2 Å². The van der Waals surface area contributed by atoms with E-state index in [1.807, 2.05) is 0 Å². The van der Waals surface area contributed by atoms with Gasteiger partial charge in [0, 0.05) is 0 Å². The highest BCUT2D eigenvalue weighted by molar-refractivity contribution is 5.32. The highest BCUT2D eigenvalue weighted by Gasteiger charge is 2.42. The van der Waals surface area contributed by atoms with Gasteiger partial charge in [-0.15, -0.1) is 0 Å². The monoisotopic (exact) mass is 310 g/mol. The van der Waals surface area contributed by atoms with Crippen molar-refractivity contribution in [2.45, 2.75) is 38.3 Å². The SMILES string of the molecule is Cc1ccccc1C(OC(c1ccccc1C)C1CO1)C1CO1. The zero-order chi connectivity index (χ0) is 15.8. The second-order valence-electron chi connectivity index (χ2n) is 6.43. The van der Waals surface area contributed by atoms with Gasteiger partial charge in [-0.3, -0.25) is 0 Å². The molecule has 4 atom stereocenters. The first-order valence-corrected chi connectivity index (χ1v) is 8.24. The fraction of sp³-hybridized carbons (Fsp3) is 0.400. The third-order valence-corrected chi connectivity index (χ3v) is 4.68. The van der Waals surface area contributed by atoms with Crippen molar-refractivity contribution in [2.75, 3.05) is 13.2 Å². The van der Waals surface area contributed by atoms with Crippen molar-refractivity contribution >= 4 is 0 Å². The summed E-state index contributed by atoms with van der Waals surface area (Å²) >= 11 is 0. The smallest absolute Gasteiger partial charge is 0.112 e. The van der Waals surface area contributed by atoms with Gasteiger partial charge in [0.1, 0.15) is 24.4 Å². The lowest BCUT2D eigenvalue weighted by Gasteiger charge is -2.25. The summed E-state index contributed by atoms with van der Waals surface area (Å²) in [6.07, 6.45) is 0.234. The molecule has 0 N–H and O–H groups in total. The maximum Gasteiger partial charge on any atom is 0.112 e. The molecule has 4 unspecified atom stereocenters. The third kappa shape index (κ3) is 3.18. The summed E-state index contributed by atoms with van der Waals surface area (Å²) in [5, 5.41) is 0. The van der Waals surface area contributed by atoms with Gasteiger partial charge in [-0.2, -0.15) is 0 Å². The molecule has 0 amide bonds. The van der Waals surface area contributed by atoms with Crippen LogP contribution in [0, 0.1) is 13.8 Å². The average molecular weight is 310 g/mol. The van der Waals surface area contributed by atoms with Gasteiger partial charge >= 0.3 is 0 Å². The van der Waals surface area contributed by atoms with Crippen molar-refractivity contribution in [1.29, 1.82) is 0 Å². The van der Waals surface area contributed by atoms with Crippen molar-refractivity contribution in [3.05, 3.63) is 70.8 Å². The van der Waals surface area contributed by atoms with Gasteiger partial charge in [-0.25, -0.2) is 0 Å². The summed E-state index contributed by atoms with van der Waals surface area (Å²) in [5.74, 6) is 0. The van der Waals surface area contributed by atoms with Crippen molar-refractivity contribution in [3.8, 4) is 0 Å². The fourth-order valence-corrected chi connectivity index (χ4v) is 3.15. The van der Waals surface area contributed by atoms with Crippen molar-refractivity contribution in [3.63, 3.8) is 0 Å². The number of rotatable bonds is 6. The van der Waals surface area contributed by atoms with Gasteiger partial charge in [0.15, 0.2) is 0 Å². The number of benzene rings is 2. The molecule has 23 heavy (non-hydrogen) atoms. The van der Waals surface area contributed by atoms with Crippen LogP contribution >= 0.6 is 0 Å². The molecule has 0 bridgehead atoms. The molecule has 2 saturated heterocycles. The van der Waals surface area contributed by atoms with Crippen molar-refractivity contribution in [1.82, 2.24) is 0 Å². The van der Waals surface area contributed by atoms with Gasteiger partial charge < -0.3 is 14.2 Å². The van der Waals surface area contributed by atoms with E-state index in [1.165, 1.54) is 22.3 Å². The van der Waals surface area contributed by atoms with Crippen LogP contribution in [0.3, 0.4) is 0 Å². The molecule has 3 heteroatoms. The van der Waals surface area contributed by atoms with Gasteiger partial charge in [0.05, 0.1) is 13.2 Å². The Hall–Kier alpha value is -1.68. The van der Waals surface area contributed by atoms with Crippen molar-refractivity contribution < 1.29 is 14.2 Å². The molecular weight excluding hydrogens is 288 g/mol. The van der Waals surface area contributed by atoms with Crippen LogP contribution in [-0.4, -0.2) is 25.4 Å². The second-order valence-corrected chi connectivity index (χ2v) is 6.43. The Kier molecular flexibility index (Phi) is 3.93. The molecule has 2 aromatic rings. The van der Waals surface area contributed by atoms with Gasteiger partial charge in [-0.1, -0.05) is 48.5 Å². The molecule has 0 spiro atoms. The van der Waals surface area contributed by atoms with Crippen LogP contribution in [0.15, 0.2) is 48.5 Å².